The molecule has 0 radical (unpaired) electrons. The summed E-state index contributed by atoms with van der Waals surface area (Å²) in [5, 5.41) is 8.26. The zero-order valence-corrected chi connectivity index (χ0v) is 15.1. The van der Waals surface area contributed by atoms with E-state index in [1.54, 1.807) is 0 Å². The SMILES string of the molecule is CCc1nn(Cc2ccc(SOOC)cc2)cc1C1CCNCC1. The first-order chi connectivity index (χ1) is 11.8. The van der Waals surface area contributed by atoms with Crippen molar-refractivity contribution >= 4 is 12.0 Å². The van der Waals surface area contributed by atoms with Crippen LogP contribution in [0.5, 0.6) is 0 Å². The summed E-state index contributed by atoms with van der Waals surface area (Å²) < 4.78 is 6.96. The van der Waals surface area contributed by atoms with Crippen molar-refractivity contribution in [3.63, 3.8) is 0 Å². The van der Waals surface area contributed by atoms with Crippen LogP contribution in [0.4, 0.5) is 0 Å². The van der Waals surface area contributed by atoms with Crippen molar-refractivity contribution in [2.24, 2.45) is 0 Å². The lowest BCUT2D eigenvalue weighted by atomic mass is 9.90. The predicted octanol–water partition coefficient (Wildman–Crippen LogP) is 3.55. The summed E-state index contributed by atoms with van der Waals surface area (Å²) in [7, 11) is 1.50. The summed E-state index contributed by atoms with van der Waals surface area (Å²) in [5.74, 6) is 0.653. The van der Waals surface area contributed by atoms with E-state index in [-0.39, 0.29) is 0 Å². The summed E-state index contributed by atoms with van der Waals surface area (Å²) >= 11 is 1.21. The van der Waals surface area contributed by atoms with Gasteiger partial charge < -0.3 is 5.32 Å². The fraction of sp³-hybridized carbons (Fsp3) is 0.500. The van der Waals surface area contributed by atoms with E-state index in [1.807, 2.05) is 12.1 Å². The molecule has 0 atom stereocenters. The summed E-state index contributed by atoms with van der Waals surface area (Å²) in [6.07, 6.45) is 5.68. The highest BCUT2D eigenvalue weighted by molar-refractivity contribution is 7.94. The maximum atomic E-state index is 4.87. The van der Waals surface area contributed by atoms with Gasteiger partial charge in [0, 0.05) is 11.1 Å². The number of nitrogens with one attached hydrogen (secondary N) is 1. The summed E-state index contributed by atoms with van der Waals surface area (Å²) in [5.41, 5.74) is 3.93. The third-order valence-electron chi connectivity index (χ3n) is 4.45. The van der Waals surface area contributed by atoms with Crippen LogP contribution >= 0.6 is 12.0 Å². The van der Waals surface area contributed by atoms with Crippen molar-refractivity contribution in [2.45, 2.75) is 43.5 Å². The minimum Gasteiger partial charge on any atom is -0.317 e. The van der Waals surface area contributed by atoms with Gasteiger partial charge in [0.25, 0.3) is 0 Å². The van der Waals surface area contributed by atoms with E-state index < -0.39 is 0 Å². The quantitative estimate of drug-likeness (QED) is 0.471. The molecule has 0 spiro atoms. The monoisotopic (exact) mass is 347 g/mol. The van der Waals surface area contributed by atoms with Gasteiger partial charge in [-0.25, -0.2) is 4.89 Å². The number of aromatic nitrogens is 2. The highest BCUT2D eigenvalue weighted by Crippen LogP contribution is 2.28. The van der Waals surface area contributed by atoms with Gasteiger partial charge in [-0.15, -0.1) is 0 Å². The number of hydrogen-bond donors (Lipinski definition) is 1. The summed E-state index contributed by atoms with van der Waals surface area (Å²) in [4.78, 5) is 5.62. The Hall–Kier alpha value is -1.34. The molecule has 1 aromatic heterocycles. The third-order valence-corrected chi connectivity index (χ3v) is 5.12. The lowest BCUT2D eigenvalue weighted by molar-refractivity contribution is -0.160. The zero-order chi connectivity index (χ0) is 16.8. The molecule has 0 amide bonds. The minimum atomic E-state index is 0.653. The Labute approximate surface area is 147 Å². The smallest absolute Gasteiger partial charge is 0.0725 e. The average molecular weight is 347 g/mol. The Morgan fingerprint density at radius 1 is 1.25 bits per heavy atom. The number of rotatable bonds is 7. The maximum absolute atomic E-state index is 4.87. The predicted molar refractivity (Wildman–Crippen MR) is 95.9 cm³/mol. The maximum Gasteiger partial charge on any atom is 0.0725 e. The topological polar surface area (TPSA) is 48.3 Å². The molecule has 0 saturated carbocycles. The second-order valence-electron chi connectivity index (χ2n) is 6.07. The molecule has 1 aliphatic rings. The van der Waals surface area contributed by atoms with Gasteiger partial charge in [-0.1, -0.05) is 19.1 Å². The molecule has 0 bridgehead atoms. The van der Waals surface area contributed by atoms with Crippen molar-refractivity contribution in [2.75, 3.05) is 20.2 Å². The fourth-order valence-corrected chi connectivity index (χ4v) is 3.61. The molecule has 5 nitrogen and oxygen atoms in total. The largest absolute Gasteiger partial charge is 0.317 e. The second-order valence-corrected chi connectivity index (χ2v) is 6.84. The molecule has 24 heavy (non-hydrogen) atoms. The van der Waals surface area contributed by atoms with Crippen LogP contribution < -0.4 is 5.32 Å². The van der Waals surface area contributed by atoms with Crippen LogP contribution in [-0.2, 0) is 22.2 Å². The lowest BCUT2D eigenvalue weighted by Gasteiger charge is -2.22. The zero-order valence-electron chi connectivity index (χ0n) is 14.3. The molecule has 1 fully saturated rings. The van der Waals surface area contributed by atoms with E-state index in [2.05, 4.69) is 40.1 Å². The van der Waals surface area contributed by atoms with E-state index in [0.717, 1.165) is 31.0 Å². The first-order valence-corrected chi connectivity index (χ1v) is 9.27. The molecule has 3 rings (SSSR count). The van der Waals surface area contributed by atoms with Crippen molar-refractivity contribution in [3.05, 3.63) is 47.3 Å². The number of benzene rings is 1. The van der Waals surface area contributed by atoms with Gasteiger partial charge in [-0.3, -0.25) is 4.68 Å². The molecule has 1 saturated heterocycles. The first kappa shape index (κ1) is 17.5. The van der Waals surface area contributed by atoms with E-state index in [9.17, 15) is 0 Å². The van der Waals surface area contributed by atoms with Gasteiger partial charge in [0.05, 0.1) is 31.4 Å². The molecule has 1 aromatic carbocycles. The van der Waals surface area contributed by atoms with Gasteiger partial charge in [0.1, 0.15) is 0 Å². The van der Waals surface area contributed by atoms with Crippen molar-refractivity contribution in [1.82, 2.24) is 15.1 Å². The van der Waals surface area contributed by atoms with Crippen LogP contribution in [0.15, 0.2) is 35.4 Å². The number of hydrogen-bond acceptors (Lipinski definition) is 5. The third kappa shape index (κ3) is 4.39. The lowest BCUT2D eigenvalue weighted by Crippen LogP contribution is -2.26. The Morgan fingerprint density at radius 2 is 2.00 bits per heavy atom. The molecule has 130 valence electrons. The minimum absolute atomic E-state index is 0.653. The van der Waals surface area contributed by atoms with Crippen LogP contribution in [0.25, 0.3) is 0 Å². The van der Waals surface area contributed by atoms with Crippen LogP contribution in [0.3, 0.4) is 0 Å². The van der Waals surface area contributed by atoms with Gasteiger partial charge in [-0.2, -0.15) is 9.43 Å². The standard InChI is InChI=1S/C18H25N3O2S/c1-3-18-17(15-8-10-19-11-9-15)13-21(20-18)12-14-4-6-16(7-5-14)24-23-22-2/h4-7,13,15,19H,3,8-12H2,1-2H3. The van der Waals surface area contributed by atoms with Crippen LogP contribution in [0.2, 0.25) is 0 Å². The van der Waals surface area contributed by atoms with Gasteiger partial charge in [0.2, 0.25) is 0 Å². The number of nitrogens with zero attached hydrogens (tertiary/aromatic N) is 2. The Bertz CT molecular complexity index is 636. The van der Waals surface area contributed by atoms with Gasteiger partial charge in [-0.05, 0) is 61.5 Å². The van der Waals surface area contributed by atoms with Crippen LogP contribution in [-0.4, -0.2) is 30.0 Å². The van der Waals surface area contributed by atoms with Crippen LogP contribution in [0.1, 0.15) is 42.5 Å². The number of piperidine rings is 1. The summed E-state index contributed by atoms with van der Waals surface area (Å²) in [6, 6.07) is 8.30. The highest BCUT2D eigenvalue weighted by atomic mass is 32.2. The van der Waals surface area contributed by atoms with Crippen molar-refractivity contribution in [1.29, 1.82) is 0 Å². The molecule has 6 heteroatoms. The highest BCUT2D eigenvalue weighted by Gasteiger charge is 2.20. The first-order valence-electron chi connectivity index (χ1n) is 8.53. The number of aryl methyl sites for hydroxylation is 1. The van der Waals surface area contributed by atoms with Gasteiger partial charge in [0.15, 0.2) is 0 Å². The van der Waals surface area contributed by atoms with Crippen molar-refractivity contribution in [3.8, 4) is 0 Å². The average Bonchev–Trinajstić information content (AvgIpc) is 3.05. The molecule has 2 aromatic rings. The molecule has 2 heterocycles. The molecule has 1 N–H and O–H groups in total. The van der Waals surface area contributed by atoms with E-state index in [4.69, 9.17) is 9.43 Å². The Kier molecular flexibility index (Phi) is 6.31. The fourth-order valence-electron chi connectivity index (χ4n) is 3.22. The van der Waals surface area contributed by atoms with Gasteiger partial charge >= 0.3 is 0 Å². The van der Waals surface area contributed by atoms with E-state index >= 15 is 0 Å². The Balaban J connectivity index is 1.69. The molecular formula is C18H25N3O2S. The van der Waals surface area contributed by atoms with E-state index in [0.29, 0.717) is 5.92 Å². The Morgan fingerprint density at radius 3 is 2.67 bits per heavy atom. The molecular weight excluding hydrogens is 322 g/mol. The molecule has 1 aliphatic heterocycles. The molecule has 0 aliphatic carbocycles. The van der Waals surface area contributed by atoms with E-state index in [1.165, 1.54) is 48.8 Å². The normalized spacial score (nSPS) is 15.8. The van der Waals surface area contributed by atoms with Crippen LogP contribution in [0, 0.1) is 0 Å². The van der Waals surface area contributed by atoms with Crippen molar-refractivity contribution < 1.29 is 9.22 Å². The summed E-state index contributed by atoms with van der Waals surface area (Å²) in [6.45, 7) is 5.22. The second kappa shape index (κ2) is 8.67. The molecule has 0 unspecified atom stereocenters.